The van der Waals surface area contributed by atoms with Crippen molar-refractivity contribution in [2.75, 3.05) is 33.3 Å². The lowest BCUT2D eigenvalue weighted by molar-refractivity contribution is -0.119. The van der Waals surface area contributed by atoms with Crippen LogP contribution in [0, 0.1) is 0 Å². The largest absolute Gasteiger partial charge is 0.497 e. The van der Waals surface area contributed by atoms with Crippen molar-refractivity contribution >= 4 is 34.7 Å². The molecule has 0 atom stereocenters. The van der Waals surface area contributed by atoms with Crippen LogP contribution in [0.1, 0.15) is 5.56 Å². The highest BCUT2D eigenvalue weighted by Gasteiger charge is 2.40. The van der Waals surface area contributed by atoms with Crippen LogP contribution in [0.5, 0.6) is 23.0 Å². The van der Waals surface area contributed by atoms with Crippen LogP contribution in [0.4, 0.5) is 5.69 Å². The molecule has 28 heavy (non-hydrogen) atoms. The Bertz CT molecular complexity index is 985. The fraction of sp³-hybridized carbons (Fsp3) is 0.200. The third-order valence-corrected chi connectivity index (χ3v) is 4.68. The number of amides is 2. The van der Waals surface area contributed by atoms with Gasteiger partial charge in [-0.3, -0.25) is 9.59 Å². The van der Waals surface area contributed by atoms with E-state index in [1.165, 1.54) is 28.4 Å². The topological polar surface area (TPSA) is 74.3 Å². The number of rotatable bonds is 6. The van der Waals surface area contributed by atoms with Crippen LogP contribution in [0.3, 0.4) is 0 Å². The van der Waals surface area contributed by atoms with Crippen molar-refractivity contribution in [1.82, 2.24) is 0 Å². The Labute approximate surface area is 167 Å². The van der Waals surface area contributed by atoms with Gasteiger partial charge in [-0.15, -0.1) is 0 Å². The van der Waals surface area contributed by atoms with Gasteiger partial charge in [0.1, 0.15) is 16.5 Å². The molecule has 3 rings (SSSR count). The van der Waals surface area contributed by atoms with Crippen LogP contribution in [0.15, 0.2) is 41.4 Å². The Morgan fingerprint density at radius 3 is 2.04 bits per heavy atom. The van der Waals surface area contributed by atoms with Gasteiger partial charge < -0.3 is 18.9 Å². The first-order valence-electron chi connectivity index (χ1n) is 8.19. The number of carbonyl (C=O) groups is 2. The number of ether oxygens (including phenoxy) is 4. The number of nitrogens with zero attached hydrogens (tertiary/aromatic N) is 1. The summed E-state index contributed by atoms with van der Waals surface area (Å²) in [6.07, 6.45) is 0. The highest BCUT2D eigenvalue weighted by molar-refractivity contribution is 6.60. The third-order valence-electron chi connectivity index (χ3n) is 4.33. The smallest absolute Gasteiger partial charge is 0.277 e. The maximum absolute atomic E-state index is 13.1. The van der Waals surface area contributed by atoms with Gasteiger partial charge >= 0.3 is 0 Å². The molecule has 7 nitrogen and oxygen atoms in total. The van der Waals surface area contributed by atoms with Gasteiger partial charge in [0.2, 0.25) is 0 Å². The summed E-state index contributed by atoms with van der Waals surface area (Å²) in [5.41, 5.74) is 0.786. The number of halogens is 1. The Morgan fingerprint density at radius 2 is 1.43 bits per heavy atom. The maximum Gasteiger partial charge on any atom is 0.277 e. The van der Waals surface area contributed by atoms with Gasteiger partial charge in [0.05, 0.1) is 39.7 Å². The SMILES string of the molecule is COc1ccc(N2C(=O)C(Cl)=C(c3ccc(OC)c(OC)c3)C2=O)c(OC)c1. The highest BCUT2D eigenvalue weighted by Crippen LogP contribution is 2.41. The molecular formula is C20H18ClNO6. The summed E-state index contributed by atoms with van der Waals surface area (Å²) in [7, 11) is 5.93. The van der Waals surface area contributed by atoms with E-state index in [1.54, 1.807) is 36.4 Å². The summed E-state index contributed by atoms with van der Waals surface area (Å²) in [5.74, 6) is 0.537. The maximum atomic E-state index is 13.1. The van der Waals surface area contributed by atoms with Crippen molar-refractivity contribution in [2.24, 2.45) is 0 Å². The molecule has 0 fully saturated rings. The van der Waals surface area contributed by atoms with Crippen LogP contribution in [-0.4, -0.2) is 40.3 Å². The van der Waals surface area contributed by atoms with E-state index in [1.807, 2.05) is 0 Å². The van der Waals surface area contributed by atoms with E-state index in [9.17, 15) is 9.59 Å². The van der Waals surface area contributed by atoms with Crippen LogP contribution in [0.2, 0.25) is 0 Å². The molecule has 0 spiro atoms. The number of hydrogen-bond acceptors (Lipinski definition) is 6. The van der Waals surface area contributed by atoms with Crippen molar-refractivity contribution in [3.63, 3.8) is 0 Å². The molecule has 0 aliphatic carbocycles. The highest BCUT2D eigenvalue weighted by atomic mass is 35.5. The van der Waals surface area contributed by atoms with Crippen LogP contribution >= 0.6 is 11.6 Å². The van der Waals surface area contributed by atoms with Crippen molar-refractivity contribution in [3.8, 4) is 23.0 Å². The molecule has 0 saturated heterocycles. The number of methoxy groups -OCH3 is 4. The lowest BCUT2D eigenvalue weighted by atomic mass is 10.1. The zero-order valence-corrected chi connectivity index (χ0v) is 16.5. The van der Waals surface area contributed by atoms with Gasteiger partial charge in [-0.25, -0.2) is 4.90 Å². The third kappa shape index (κ3) is 3.14. The van der Waals surface area contributed by atoms with Crippen LogP contribution < -0.4 is 23.8 Å². The first-order chi connectivity index (χ1) is 13.5. The number of anilines is 1. The molecule has 0 radical (unpaired) electrons. The molecule has 0 unspecified atom stereocenters. The minimum Gasteiger partial charge on any atom is -0.497 e. The molecule has 146 valence electrons. The molecule has 8 heteroatoms. The first-order valence-corrected chi connectivity index (χ1v) is 8.57. The van der Waals surface area contributed by atoms with Gasteiger partial charge in [-0.05, 0) is 29.8 Å². The van der Waals surface area contributed by atoms with E-state index in [0.29, 0.717) is 28.6 Å². The summed E-state index contributed by atoms with van der Waals surface area (Å²) in [6, 6.07) is 9.64. The van der Waals surface area contributed by atoms with Crippen LogP contribution in [-0.2, 0) is 9.59 Å². The normalized spacial score (nSPS) is 13.8. The zero-order valence-electron chi connectivity index (χ0n) is 15.7. The summed E-state index contributed by atoms with van der Waals surface area (Å²) < 4.78 is 21.0. The van der Waals surface area contributed by atoms with Gasteiger partial charge in [-0.1, -0.05) is 17.7 Å². The van der Waals surface area contributed by atoms with Crippen LogP contribution in [0.25, 0.3) is 5.57 Å². The van der Waals surface area contributed by atoms with Crippen molar-refractivity contribution in [1.29, 1.82) is 0 Å². The van der Waals surface area contributed by atoms with E-state index in [2.05, 4.69) is 0 Å². The average molecular weight is 404 g/mol. The molecule has 0 bridgehead atoms. The molecule has 0 saturated carbocycles. The molecule has 0 aromatic heterocycles. The Balaban J connectivity index is 2.06. The first kappa shape index (κ1) is 19.6. The molecule has 1 heterocycles. The van der Waals surface area contributed by atoms with Gasteiger partial charge in [-0.2, -0.15) is 0 Å². The quantitative estimate of drug-likeness (QED) is 0.689. The summed E-state index contributed by atoms with van der Waals surface area (Å²) in [5, 5.41) is -0.185. The Morgan fingerprint density at radius 1 is 0.750 bits per heavy atom. The van der Waals surface area contributed by atoms with Crippen molar-refractivity contribution < 1.29 is 28.5 Å². The summed E-state index contributed by atoms with van der Waals surface area (Å²) >= 11 is 6.26. The number of benzene rings is 2. The number of hydrogen-bond donors (Lipinski definition) is 0. The number of carbonyl (C=O) groups excluding carboxylic acids is 2. The van der Waals surface area contributed by atoms with Crippen molar-refractivity contribution in [2.45, 2.75) is 0 Å². The fourth-order valence-corrected chi connectivity index (χ4v) is 3.21. The predicted molar refractivity (Wildman–Crippen MR) is 104 cm³/mol. The summed E-state index contributed by atoms with van der Waals surface area (Å²) in [6.45, 7) is 0. The van der Waals surface area contributed by atoms with Gasteiger partial charge in [0.25, 0.3) is 11.8 Å². The average Bonchev–Trinajstić information content (AvgIpc) is 2.95. The molecule has 2 amide bonds. The molecule has 1 aliphatic heterocycles. The second-order valence-electron chi connectivity index (χ2n) is 5.74. The van der Waals surface area contributed by atoms with Gasteiger partial charge in [0, 0.05) is 6.07 Å². The second kappa shape index (κ2) is 7.82. The fourth-order valence-electron chi connectivity index (χ4n) is 2.93. The zero-order chi connectivity index (χ0) is 20.4. The summed E-state index contributed by atoms with van der Waals surface area (Å²) in [4.78, 5) is 26.9. The molecule has 2 aromatic carbocycles. The second-order valence-corrected chi connectivity index (χ2v) is 6.12. The van der Waals surface area contributed by atoms with E-state index < -0.39 is 11.8 Å². The molecule has 2 aromatic rings. The standard InChI is InChI=1S/C20H18ClNO6/c1-25-12-6-7-13(15(10-12)27-3)22-19(23)17(18(21)20(22)24)11-5-8-14(26-2)16(9-11)28-4/h5-10H,1-4H3. The Hall–Kier alpha value is -3.19. The van der Waals surface area contributed by atoms with E-state index in [0.717, 1.165) is 4.90 Å². The Kier molecular flexibility index (Phi) is 5.46. The molecule has 0 N–H and O–H groups in total. The minimum atomic E-state index is -0.639. The van der Waals surface area contributed by atoms with Gasteiger partial charge in [0.15, 0.2) is 11.5 Å². The predicted octanol–water partition coefficient (Wildman–Crippen LogP) is 3.24. The van der Waals surface area contributed by atoms with E-state index >= 15 is 0 Å². The minimum absolute atomic E-state index is 0.0745. The van der Waals surface area contributed by atoms with Crippen molar-refractivity contribution in [3.05, 3.63) is 47.0 Å². The molecular weight excluding hydrogens is 386 g/mol. The monoisotopic (exact) mass is 403 g/mol. The molecule has 1 aliphatic rings. The lowest BCUT2D eigenvalue weighted by Crippen LogP contribution is -2.31. The van der Waals surface area contributed by atoms with E-state index in [4.69, 9.17) is 30.5 Å². The van der Waals surface area contributed by atoms with E-state index in [-0.39, 0.29) is 16.3 Å². The lowest BCUT2D eigenvalue weighted by Gasteiger charge is -2.18. The number of imide groups is 1.